The molecule has 1 heterocycles. The average Bonchev–Trinajstić information content (AvgIpc) is 2.65. The highest BCUT2D eigenvalue weighted by atomic mass is 32.1. The highest BCUT2D eigenvalue weighted by molar-refractivity contribution is 7.09. The maximum Gasteiger partial charge on any atom is 0.506 e. The van der Waals surface area contributed by atoms with Gasteiger partial charge in [0.15, 0.2) is 0 Å². The Morgan fingerprint density at radius 1 is 1.50 bits per heavy atom. The summed E-state index contributed by atoms with van der Waals surface area (Å²) in [5, 5.41) is 1.97. The van der Waals surface area contributed by atoms with Crippen LogP contribution in [-0.4, -0.2) is 32.0 Å². The minimum atomic E-state index is -4.90. The van der Waals surface area contributed by atoms with Gasteiger partial charge in [-0.2, -0.15) is 0 Å². The van der Waals surface area contributed by atoms with Crippen LogP contribution >= 0.6 is 11.3 Å². The molecule has 0 saturated carbocycles. The number of likely N-dealkylation sites (N-methyl/N-ethyl adjacent to an activating group) is 1. The zero-order valence-electron chi connectivity index (χ0n) is 9.13. The van der Waals surface area contributed by atoms with Crippen LogP contribution in [0.3, 0.4) is 0 Å². The van der Waals surface area contributed by atoms with Gasteiger partial charge < -0.3 is 17.8 Å². The molecule has 1 aromatic rings. The molecular formula is C10H14BF3NS-. The van der Waals surface area contributed by atoms with Crippen LogP contribution in [0.25, 0.3) is 0 Å². The van der Waals surface area contributed by atoms with Gasteiger partial charge in [-0.25, -0.2) is 0 Å². The van der Waals surface area contributed by atoms with Crippen molar-refractivity contribution in [2.45, 2.75) is 6.42 Å². The largest absolute Gasteiger partial charge is 0.506 e. The Kier molecular flexibility index (Phi) is 4.62. The molecule has 0 fully saturated rings. The van der Waals surface area contributed by atoms with E-state index in [2.05, 4.69) is 6.58 Å². The standard InChI is InChI=1S/C10H14BF3NS/c1-9(11(12,13)14)8-15(2)6-5-10-4-3-7-16-10/h3-4,7H,1,5-6,8H2,2H3/q-1. The van der Waals surface area contributed by atoms with Crippen molar-refractivity contribution >= 4 is 18.3 Å². The smallest absolute Gasteiger partial charge is 0.445 e. The molecule has 1 aromatic heterocycles. The van der Waals surface area contributed by atoms with E-state index in [9.17, 15) is 12.9 Å². The fourth-order valence-corrected chi connectivity index (χ4v) is 1.98. The third-order valence-electron chi connectivity index (χ3n) is 2.26. The first-order valence-corrected chi connectivity index (χ1v) is 5.86. The van der Waals surface area contributed by atoms with Gasteiger partial charge in [0.25, 0.3) is 0 Å². The fraction of sp³-hybridized carbons (Fsp3) is 0.400. The van der Waals surface area contributed by atoms with Gasteiger partial charge in [0.05, 0.1) is 0 Å². The molecule has 0 atom stereocenters. The SMILES string of the molecule is C=C(CN(C)CCc1cccs1)[B-](F)(F)F. The van der Waals surface area contributed by atoms with E-state index in [1.807, 2.05) is 17.5 Å². The van der Waals surface area contributed by atoms with Gasteiger partial charge in [-0.3, -0.25) is 0 Å². The molecule has 16 heavy (non-hydrogen) atoms. The predicted octanol–water partition coefficient (Wildman–Crippen LogP) is 3.17. The highest BCUT2D eigenvalue weighted by Crippen LogP contribution is 2.18. The number of nitrogens with zero attached hydrogens (tertiary/aromatic N) is 1. The van der Waals surface area contributed by atoms with Crippen molar-refractivity contribution in [3.63, 3.8) is 0 Å². The second-order valence-electron chi connectivity index (χ2n) is 3.80. The van der Waals surface area contributed by atoms with E-state index in [1.54, 1.807) is 23.3 Å². The van der Waals surface area contributed by atoms with Crippen LogP contribution in [-0.2, 0) is 6.42 Å². The maximum atomic E-state index is 12.3. The van der Waals surface area contributed by atoms with Crippen LogP contribution in [0.1, 0.15) is 4.88 Å². The van der Waals surface area contributed by atoms with Gasteiger partial charge in [-0.05, 0) is 31.5 Å². The Morgan fingerprint density at radius 3 is 2.69 bits per heavy atom. The topological polar surface area (TPSA) is 3.24 Å². The fourth-order valence-electron chi connectivity index (χ4n) is 1.29. The molecule has 90 valence electrons. The first-order chi connectivity index (χ1) is 7.39. The van der Waals surface area contributed by atoms with E-state index < -0.39 is 12.4 Å². The monoisotopic (exact) mass is 248 g/mol. The first-order valence-electron chi connectivity index (χ1n) is 4.98. The Bertz CT molecular complexity index is 334. The van der Waals surface area contributed by atoms with E-state index in [0.717, 1.165) is 6.42 Å². The third kappa shape index (κ3) is 4.41. The molecule has 0 N–H and O–H groups in total. The van der Waals surface area contributed by atoms with Crippen molar-refractivity contribution in [3.05, 3.63) is 34.4 Å². The number of thiophene rings is 1. The second kappa shape index (κ2) is 5.54. The summed E-state index contributed by atoms with van der Waals surface area (Å²) in [6.07, 6.45) is 0.784. The highest BCUT2D eigenvalue weighted by Gasteiger charge is 2.26. The Balaban J connectivity index is 2.31. The van der Waals surface area contributed by atoms with Crippen molar-refractivity contribution in [2.24, 2.45) is 0 Å². The summed E-state index contributed by atoms with van der Waals surface area (Å²) in [6.45, 7) is -1.31. The molecule has 0 aliphatic heterocycles. The molecule has 0 saturated heterocycles. The Morgan fingerprint density at radius 2 is 2.19 bits per heavy atom. The summed E-state index contributed by atoms with van der Waals surface area (Å²) >= 11 is 1.62. The molecule has 0 bridgehead atoms. The van der Waals surface area contributed by atoms with Gasteiger partial charge >= 0.3 is 6.98 Å². The molecule has 0 radical (unpaired) electrons. The zero-order valence-corrected chi connectivity index (χ0v) is 9.94. The van der Waals surface area contributed by atoms with Crippen LogP contribution in [0.4, 0.5) is 12.9 Å². The summed E-state index contributed by atoms with van der Waals surface area (Å²) in [5.74, 6) is 0. The van der Waals surface area contributed by atoms with Crippen molar-refractivity contribution in [3.8, 4) is 0 Å². The minimum absolute atomic E-state index is 0.102. The molecule has 0 aromatic carbocycles. The van der Waals surface area contributed by atoms with E-state index in [-0.39, 0.29) is 6.54 Å². The predicted molar refractivity (Wildman–Crippen MR) is 63.7 cm³/mol. The molecule has 0 aliphatic carbocycles. The van der Waals surface area contributed by atoms with Crippen molar-refractivity contribution in [1.29, 1.82) is 0 Å². The minimum Gasteiger partial charge on any atom is -0.445 e. The average molecular weight is 248 g/mol. The van der Waals surface area contributed by atoms with E-state index in [1.165, 1.54) is 4.88 Å². The lowest BCUT2D eigenvalue weighted by atomic mass is 9.80. The summed E-state index contributed by atoms with van der Waals surface area (Å²) in [6, 6.07) is 3.93. The number of hydrogen-bond donors (Lipinski definition) is 0. The van der Waals surface area contributed by atoms with Crippen molar-refractivity contribution in [1.82, 2.24) is 4.90 Å². The van der Waals surface area contributed by atoms with Crippen molar-refractivity contribution in [2.75, 3.05) is 20.1 Å². The first kappa shape index (κ1) is 13.3. The lowest BCUT2D eigenvalue weighted by Gasteiger charge is -2.24. The Hall–Kier alpha value is -0.745. The summed E-state index contributed by atoms with van der Waals surface area (Å²) < 4.78 is 36.8. The maximum absolute atomic E-state index is 12.3. The molecule has 0 aliphatic rings. The van der Waals surface area contributed by atoms with Crippen LogP contribution in [0.15, 0.2) is 29.6 Å². The Labute approximate surface area is 97.6 Å². The lowest BCUT2D eigenvalue weighted by molar-refractivity contribution is 0.362. The summed E-state index contributed by atoms with van der Waals surface area (Å²) in [7, 11) is 1.68. The third-order valence-corrected chi connectivity index (χ3v) is 3.19. The number of rotatable bonds is 6. The molecule has 6 heteroatoms. The van der Waals surface area contributed by atoms with Crippen LogP contribution < -0.4 is 0 Å². The molecule has 0 unspecified atom stereocenters. The number of hydrogen-bond acceptors (Lipinski definition) is 2. The molecule has 0 spiro atoms. The van der Waals surface area contributed by atoms with E-state index in [4.69, 9.17) is 0 Å². The quantitative estimate of drug-likeness (QED) is 0.699. The van der Waals surface area contributed by atoms with Gasteiger partial charge in [0, 0.05) is 11.4 Å². The number of halogens is 3. The summed E-state index contributed by atoms with van der Waals surface area (Å²) in [4.78, 5) is 2.84. The van der Waals surface area contributed by atoms with Gasteiger partial charge in [-0.15, -0.1) is 23.4 Å². The van der Waals surface area contributed by atoms with Crippen molar-refractivity contribution < 1.29 is 12.9 Å². The van der Waals surface area contributed by atoms with Gasteiger partial charge in [0.1, 0.15) is 0 Å². The van der Waals surface area contributed by atoms with E-state index >= 15 is 0 Å². The van der Waals surface area contributed by atoms with Crippen LogP contribution in [0.2, 0.25) is 0 Å². The zero-order chi connectivity index (χ0) is 12.2. The molecule has 0 amide bonds. The molecule has 1 rings (SSSR count). The van der Waals surface area contributed by atoms with Gasteiger partial charge in [0.2, 0.25) is 0 Å². The normalized spacial score (nSPS) is 12.1. The van der Waals surface area contributed by atoms with Crippen LogP contribution in [0, 0.1) is 0 Å². The van der Waals surface area contributed by atoms with Gasteiger partial charge in [-0.1, -0.05) is 6.07 Å². The molecule has 1 nitrogen and oxygen atoms in total. The van der Waals surface area contributed by atoms with Crippen LogP contribution in [0.5, 0.6) is 0 Å². The van der Waals surface area contributed by atoms with E-state index in [0.29, 0.717) is 6.54 Å². The lowest BCUT2D eigenvalue weighted by Crippen LogP contribution is -2.31. The summed E-state index contributed by atoms with van der Waals surface area (Å²) in [5.41, 5.74) is -0.631. The molecular weight excluding hydrogens is 234 g/mol. The second-order valence-corrected chi connectivity index (χ2v) is 4.83.